The summed E-state index contributed by atoms with van der Waals surface area (Å²) in [6.45, 7) is 0. The zero-order chi connectivity index (χ0) is 7.73. The molecule has 0 spiro atoms. The highest BCUT2D eigenvalue weighted by Gasteiger charge is 2.42. The van der Waals surface area contributed by atoms with Crippen molar-refractivity contribution in [3.8, 4) is 0 Å². The lowest BCUT2D eigenvalue weighted by Crippen LogP contribution is -2.24. The second-order valence-corrected chi connectivity index (χ2v) is 3.20. The summed E-state index contributed by atoms with van der Waals surface area (Å²) in [5.74, 6) is 0. The van der Waals surface area contributed by atoms with Gasteiger partial charge in [-0.1, -0.05) is 30.3 Å². The summed E-state index contributed by atoms with van der Waals surface area (Å²) in [7, 11) is 2.04. The Hall–Kier alpha value is -0.530. The molecule has 2 rings (SSSR count). The van der Waals surface area contributed by atoms with E-state index in [0.29, 0.717) is 5.54 Å². The van der Waals surface area contributed by atoms with Gasteiger partial charge in [-0.3, -0.25) is 0 Å². The van der Waals surface area contributed by atoms with Crippen molar-refractivity contribution in [2.75, 3.05) is 7.05 Å². The van der Waals surface area contributed by atoms with Crippen molar-refractivity contribution in [1.29, 1.82) is 0 Å². The molecule has 0 amide bonds. The van der Waals surface area contributed by atoms with Crippen LogP contribution in [0.5, 0.6) is 0 Å². The molecule has 1 aromatic rings. The van der Waals surface area contributed by atoms with E-state index in [9.17, 15) is 0 Å². The molecule has 0 heterocycles. The topological polar surface area (TPSA) is 12.0 Å². The normalized spacial score (nSPS) is 18.1. The fourth-order valence-electron chi connectivity index (χ4n) is 1.57. The maximum absolute atomic E-state index is 3.37. The Kier molecular flexibility index (Phi) is 2.76. The maximum Gasteiger partial charge on any atom is 0.0433 e. The Morgan fingerprint density at radius 2 is 1.75 bits per heavy atom. The number of benzene rings is 1. The first-order chi connectivity index (χ1) is 5.37. The van der Waals surface area contributed by atoms with Gasteiger partial charge in [0.1, 0.15) is 0 Å². The monoisotopic (exact) mass is 183 g/mol. The predicted octanol–water partition coefficient (Wildman–Crippen LogP) is 2.32. The van der Waals surface area contributed by atoms with Gasteiger partial charge in [0.15, 0.2) is 0 Å². The molecule has 1 saturated carbocycles. The summed E-state index contributed by atoms with van der Waals surface area (Å²) in [6, 6.07) is 10.7. The SMILES string of the molecule is CNC1(c2ccccc2)CC1.Cl. The largest absolute Gasteiger partial charge is 0.310 e. The number of hydrogen-bond donors (Lipinski definition) is 1. The van der Waals surface area contributed by atoms with E-state index in [1.165, 1.54) is 18.4 Å². The predicted molar refractivity (Wildman–Crippen MR) is 53.7 cm³/mol. The Labute approximate surface area is 79.6 Å². The molecule has 1 aliphatic rings. The summed E-state index contributed by atoms with van der Waals surface area (Å²) in [4.78, 5) is 0. The molecule has 0 aromatic heterocycles. The first-order valence-corrected chi connectivity index (χ1v) is 4.12. The van der Waals surface area contributed by atoms with Crippen molar-refractivity contribution in [1.82, 2.24) is 5.32 Å². The van der Waals surface area contributed by atoms with Crippen molar-refractivity contribution in [3.63, 3.8) is 0 Å². The third kappa shape index (κ3) is 1.47. The van der Waals surface area contributed by atoms with E-state index in [2.05, 4.69) is 35.6 Å². The summed E-state index contributed by atoms with van der Waals surface area (Å²) < 4.78 is 0. The first-order valence-electron chi connectivity index (χ1n) is 4.12. The smallest absolute Gasteiger partial charge is 0.0433 e. The van der Waals surface area contributed by atoms with Crippen LogP contribution in [0.4, 0.5) is 0 Å². The summed E-state index contributed by atoms with van der Waals surface area (Å²) in [5.41, 5.74) is 1.77. The summed E-state index contributed by atoms with van der Waals surface area (Å²) in [6.07, 6.45) is 2.57. The lowest BCUT2D eigenvalue weighted by Gasteiger charge is -2.13. The van der Waals surface area contributed by atoms with Crippen LogP contribution < -0.4 is 5.32 Å². The highest BCUT2D eigenvalue weighted by Crippen LogP contribution is 2.44. The fraction of sp³-hybridized carbons (Fsp3) is 0.400. The molecule has 1 N–H and O–H groups in total. The first kappa shape index (κ1) is 9.56. The lowest BCUT2D eigenvalue weighted by atomic mass is 10.1. The van der Waals surface area contributed by atoms with Crippen LogP contribution in [-0.2, 0) is 5.54 Å². The van der Waals surface area contributed by atoms with Gasteiger partial charge in [0, 0.05) is 5.54 Å². The summed E-state index contributed by atoms with van der Waals surface area (Å²) in [5, 5.41) is 3.37. The third-order valence-corrected chi connectivity index (χ3v) is 2.55. The molecule has 0 unspecified atom stereocenters. The van der Waals surface area contributed by atoms with Crippen molar-refractivity contribution in [2.24, 2.45) is 0 Å². The Bertz CT molecular complexity index is 241. The molecule has 0 radical (unpaired) electrons. The molecule has 0 aliphatic heterocycles. The van der Waals surface area contributed by atoms with Crippen LogP contribution in [0.2, 0.25) is 0 Å². The van der Waals surface area contributed by atoms with Crippen LogP contribution in [0.3, 0.4) is 0 Å². The average Bonchev–Trinajstić information content (AvgIpc) is 2.86. The van der Waals surface area contributed by atoms with Gasteiger partial charge in [-0.05, 0) is 25.5 Å². The molecular weight excluding hydrogens is 170 g/mol. The second-order valence-electron chi connectivity index (χ2n) is 3.20. The van der Waals surface area contributed by atoms with Crippen molar-refractivity contribution < 1.29 is 0 Å². The van der Waals surface area contributed by atoms with Crippen LogP contribution in [0.25, 0.3) is 0 Å². The minimum atomic E-state index is 0. The molecule has 12 heavy (non-hydrogen) atoms. The minimum absolute atomic E-state index is 0. The standard InChI is InChI=1S/C10H13N.ClH/c1-11-10(7-8-10)9-5-3-2-4-6-9;/h2-6,11H,7-8H2,1H3;1H. The molecule has 1 fully saturated rings. The number of nitrogens with one attached hydrogen (secondary N) is 1. The molecule has 0 atom stereocenters. The minimum Gasteiger partial charge on any atom is -0.310 e. The zero-order valence-corrected chi connectivity index (χ0v) is 8.03. The maximum atomic E-state index is 3.37. The average molecular weight is 184 g/mol. The van der Waals surface area contributed by atoms with E-state index in [1.54, 1.807) is 0 Å². The van der Waals surface area contributed by atoms with Crippen LogP contribution in [0, 0.1) is 0 Å². The summed E-state index contributed by atoms with van der Waals surface area (Å²) >= 11 is 0. The van der Waals surface area contributed by atoms with Gasteiger partial charge in [0.05, 0.1) is 0 Å². The van der Waals surface area contributed by atoms with Crippen molar-refractivity contribution in [3.05, 3.63) is 35.9 Å². The van der Waals surface area contributed by atoms with Crippen LogP contribution in [-0.4, -0.2) is 7.05 Å². The van der Waals surface area contributed by atoms with Gasteiger partial charge >= 0.3 is 0 Å². The quantitative estimate of drug-likeness (QED) is 0.742. The highest BCUT2D eigenvalue weighted by atomic mass is 35.5. The Morgan fingerprint density at radius 3 is 2.17 bits per heavy atom. The molecule has 1 nitrogen and oxygen atoms in total. The molecule has 0 bridgehead atoms. The fourth-order valence-corrected chi connectivity index (χ4v) is 1.57. The van der Waals surface area contributed by atoms with Crippen LogP contribution in [0.15, 0.2) is 30.3 Å². The Morgan fingerprint density at radius 1 is 1.17 bits per heavy atom. The van der Waals surface area contributed by atoms with Gasteiger partial charge in [0.25, 0.3) is 0 Å². The molecule has 2 heteroatoms. The van der Waals surface area contributed by atoms with Crippen molar-refractivity contribution in [2.45, 2.75) is 18.4 Å². The van der Waals surface area contributed by atoms with Gasteiger partial charge < -0.3 is 5.32 Å². The number of rotatable bonds is 2. The van der Waals surface area contributed by atoms with Crippen LogP contribution >= 0.6 is 12.4 Å². The Balaban J connectivity index is 0.000000720. The van der Waals surface area contributed by atoms with Gasteiger partial charge in [-0.15, -0.1) is 12.4 Å². The molecular formula is C10H14ClN. The molecule has 66 valence electrons. The number of halogens is 1. The lowest BCUT2D eigenvalue weighted by molar-refractivity contribution is 0.586. The van der Waals surface area contributed by atoms with E-state index in [0.717, 1.165) is 0 Å². The highest BCUT2D eigenvalue weighted by molar-refractivity contribution is 5.85. The molecule has 1 aromatic carbocycles. The number of hydrogen-bond acceptors (Lipinski definition) is 1. The molecule has 0 saturated heterocycles. The second kappa shape index (κ2) is 3.46. The zero-order valence-electron chi connectivity index (χ0n) is 7.21. The van der Waals surface area contributed by atoms with E-state index in [4.69, 9.17) is 0 Å². The van der Waals surface area contributed by atoms with E-state index in [1.807, 2.05) is 7.05 Å². The third-order valence-electron chi connectivity index (χ3n) is 2.55. The van der Waals surface area contributed by atoms with E-state index in [-0.39, 0.29) is 12.4 Å². The van der Waals surface area contributed by atoms with Gasteiger partial charge in [0.2, 0.25) is 0 Å². The van der Waals surface area contributed by atoms with E-state index < -0.39 is 0 Å². The molecule has 1 aliphatic carbocycles. The van der Waals surface area contributed by atoms with Crippen molar-refractivity contribution >= 4 is 12.4 Å². The van der Waals surface area contributed by atoms with Gasteiger partial charge in [-0.2, -0.15) is 0 Å². The van der Waals surface area contributed by atoms with E-state index >= 15 is 0 Å². The van der Waals surface area contributed by atoms with Crippen LogP contribution in [0.1, 0.15) is 18.4 Å². The van der Waals surface area contributed by atoms with Gasteiger partial charge in [-0.25, -0.2) is 0 Å².